The second-order valence-electron chi connectivity index (χ2n) is 1.16. The molecule has 0 saturated heterocycles. The third-order valence-electron chi connectivity index (χ3n) is 0.500. The lowest BCUT2D eigenvalue weighted by Crippen LogP contribution is -2.09. The fourth-order valence-corrected chi connectivity index (χ4v) is 0.250. The van der Waals surface area contributed by atoms with Crippen LogP contribution in [0, 0.1) is 10.8 Å². The fraction of sp³-hybridized carbons (Fsp3) is 0.667. The minimum absolute atomic E-state index is 0.750. The molecule has 0 spiro atoms. The van der Waals surface area contributed by atoms with Crippen LogP contribution >= 0.6 is 0 Å². The molecule has 0 atom stereocenters. The Morgan fingerprint density at radius 2 is 1.27 bits per heavy atom. The molecule has 0 aliphatic carbocycles. The first-order valence-electron chi connectivity index (χ1n) is 3.03. The largest absolute Gasteiger partial charge is 0.317 e. The molecule has 5 nitrogen and oxygen atoms in total. The second-order valence-corrected chi connectivity index (χ2v) is 1.16. The molecule has 0 amide bonds. The van der Waals surface area contributed by atoms with Crippen LogP contribution in [0.4, 0.5) is 0 Å². The summed E-state index contributed by atoms with van der Waals surface area (Å²) in [5, 5.41) is 13.9. The van der Waals surface area contributed by atoms with Crippen LogP contribution in [0.2, 0.25) is 0 Å². The fourth-order valence-electron chi connectivity index (χ4n) is 0.250. The Labute approximate surface area is 65.8 Å². The number of rotatable bonds is 2. The number of nitrogens with one attached hydrogen (secondary N) is 3. The summed E-state index contributed by atoms with van der Waals surface area (Å²) in [5.41, 5.74) is 0. The summed E-state index contributed by atoms with van der Waals surface area (Å²) in [5.74, 6) is 0. The van der Waals surface area contributed by atoms with Gasteiger partial charge in [-0.3, -0.25) is 0 Å². The van der Waals surface area contributed by atoms with Crippen LogP contribution in [-0.2, 0) is 9.59 Å². The molecule has 0 aromatic heterocycles. The molecule has 0 aromatic carbocycles. The average Bonchev–Trinajstić information content (AvgIpc) is 1.92. The highest BCUT2D eigenvalue weighted by atomic mass is 16.1. The number of isocyanates is 2. The molecule has 11 heavy (non-hydrogen) atoms. The van der Waals surface area contributed by atoms with E-state index >= 15 is 0 Å². The van der Waals surface area contributed by atoms with Gasteiger partial charge < -0.3 is 5.32 Å². The predicted molar refractivity (Wildman–Crippen MR) is 41.0 cm³/mol. The maximum atomic E-state index is 8.35. The van der Waals surface area contributed by atoms with E-state index in [0.29, 0.717) is 0 Å². The maximum absolute atomic E-state index is 8.35. The molecule has 0 aliphatic heterocycles. The summed E-state index contributed by atoms with van der Waals surface area (Å²) in [7, 11) is 0. The maximum Gasteiger partial charge on any atom is 0.231 e. The summed E-state index contributed by atoms with van der Waals surface area (Å²) in [4.78, 5) is 16.7. The SMILES string of the molecule is CCNCC.N=C=O.N=C=O. The molecule has 0 aromatic rings. The molecule has 0 fully saturated rings. The number of carbonyl (C=O) groups excluding carboxylic acids is 2. The van der Waals surface area contributed by atoms with Crippen molar-refractivity contribution in [3.05, 3.63) is 0 Å². The van der Waals surface area contributed by atoms with Crippen LogP contribution in [-0.4, -0.2) is 25.2 Å². The Hall–Kier alpha value is -1.28. The third-order valence-corrected chi connectivity index (χ3v) is 0.500. The van der Waals surface area contributed by atoms with Crippen LogP contribution in [0.3, 0.4) is 0 Å². The molecule has 64 valence electrons. The van der Waals surface area contributed by atoms with Crippen molar-refractivity contribution in [3.8, 4) is 0 Å². The van der Waals surface area contributed by atoms with E-state index in [2.05, 4.69) is 19.2 Å². The quantitative estimate of drug-likeness (QED) is 0.402. The van der Waals surface area contributed by atoms with Crippen LogP contribution in [0.25, 0.3) is 0 Å². The molecule has 0 unspecified atom stereocenters. The summed E-state index contributed by atoms with van der Waals surface area (Å²) in [6.07, 6.45) is 1.50. The predicted octanol–water partition coefficient (Wildman–Crippen LogP) is 0.418. The summed E-state index contributed by atoms with van der Waals surface area (Å²) >= 11 is 0. The molecule has 0 bridgehead atoms. The van der Waals surface area contributed by atoms with E-state index in [4.69, 9.17) is 20.4 Å². The zero-order chi connectivity index (χ0) is 9.54. The lowest BCUT2D eigenvalue weighted by atomic mass is 10.7. The topological polar surface area (TPSA) is 93.9 Å². The van der Waals surface area contributed by atoms with Crippen LogP contribution in [0.15, 0.2) is 0 Å². The first kappa shape index (κ1) is 16.4. The first-order chi connectivity index (χ1) is 5.24. The van der Waals surface area contributed by atoms with Gasteiger partial charge in [0.2, 0.25) is 12.2 Å². The summed E-state index contributed by atoms with van der Waals surface area (Å²) in [6, 6.07) is 0. The summed E-state index contributed by atoms with van der Waals surface area (Å²) < 4.78 is 0. The molecule has 3 N–H and O–H groups in total. The minimum atomic E-state index is 0.750. The monoisotopic (exact) mass is 159 g/mol. The van der Waals surface area contributed by atoms with Gasteiger partial charge in [-0.05, 0) is 13.1 Å². The van der Waals surface area contributed by atoms with Crippen molar-refractivity contribution < 1.29 is 9.59 Å². The smallest absolute Gasteiger partial charge is 0.231 e. The Bertz CT molecular complexity index is 99.0. The van der Waals surface area contributed by atoms with Crippen molar-refractivity contribution in [2.75, 3.05) is 13.1 Å². The number of hydrogen-bond donors (Lipinski definition) is 3. The van der Waals surface area contributed by atoms with Gasteiger partial charge in [0, 0.05) is 0 Å². The average molecular weight is 159 g/mol. The zero-order valence-corrected chi connectivity index (χ0v) is 6.73. The van der Waals surface area contributed by atoms with Gasteiger partial charge in [0.25, 0.3) is 0 Å². The number of hydrogen-bond acceptors (Lipinski definition) is 5. The normalized spacial score (nSPS) is 5.27. The molecule has 0 radical (unpaired) electrons. The van der Waals surface area contributed by atoms with E-state index < -0.39 is 0 Å². The van der Waals surface area contributed by atoms with Crippen LogP contribution in [0.1, 0.15) is 13.8 Å². The van der Waals surface area contributed by atoms with E-state index in [1.54, 1.807) is 0 Å². The van der Waals surface area contributed by atoms with Gasteiger partial charge in [-0.2, -0.15) is 0 Å². The van der Waals surface area contributed by atoms with Gasteiger partial charge in [-0.25, -0.2) is 20.4 Å². The van der Waals surface area contributed by atoms with E-state index in [1.807, 2.05) is 0 Å². The van der Waals surface area contributed by atoms with Gasteiger partial charge >= 0.3 is 0 Å². The van der Waals surface area contributed by atoms with E-state index in [1.165, 1.54) is 0 Å². The highest BCUT2D eigenvalue weighted by Gasteiger charge is 1.62. The van der Waals surface area contributed by atoms with Crippen molar-refractivity contribution in [3.63, 3.8) is 0 Å². The molecular weight excluding hydrogens is 146 g/mol. The second kappa shape index (κ2) is 37.6. The minimum Gasteiger partial charge on any atom is -0.317 e. The van der Waals surface area contributed by atoms with Gasteiger partial charge in [0.15, 0.2) is 0 Å². The van der Waals surface area contributed by atoms with Crippen molar-refractivity contribution in [2.45, 2.75) is 13.8 Å². The van der Waals surface area contributed by atoms with Crippen molar-refractivity contribution >= 4 is 12.2 Å². The Kier molecular flexibility index (Phi) is 55.9. The van der Waals surface area contributed by atoms with Gasteiger partial charge in [0.1, 0.15) is 0 Å². The van der Waals surface area contributed by atoms with Crippen molar-refractivity contribution in [1.29, 1.82) is 10.8 Å². The van der Waals surface area contributed by atoms with Gasteiger partial charge in [0.05, 0.1) is 0 Å². The molecule has 0 heterocycles. The van der Waals surface area contributed by atoms with Gasteiger partial charge in [-0.1, -0.05) is 13.8 Å². The third kappa shape index (κ3) is 760. The highest BCUT2D eigenvalue weighted by molar-refractivity contribution is 5.26. The van der Waals surface area contributed by atoms with Crippen LogP contribution in [0.5, 0.6) is 0 Å². The van der Waals surface area contributed by atoms with Crippen molar-refractivity contribution in [1.82, 2.24) is 5.32 Å². The first-order valence-corrected chi connectivity index (χ1v) is 3.03. The van der Waals surface area contributed by atoms with Gasteiger partial charge in [-0.15, -0.1) is 0 Å². The zero-order valence-electron chi connectivity index (χ0n) is 6.73. The van der Waals surface area contributed by atoms with E-state index in [0.717, 1.165) is 25.2 Å². The van der Waals surface area contributed by atoms with Crippen LogP contribution < -0.4 is 5.32 Å². The Morgan fingerprint density at radius 3 is 1.27 bits per heavy atom. The van der Waals surface area contributed by atoms with Crippen molar-refractivity contribution in [2.24, 2.45) is 0 Å². The standard InChI is InChI=1S/C4H11N.2CHNO/c1-3-5-4-2;2*2-1-3/h5H,3-4H2,1-2H3;2*2H. The molecule has 5 heteroatoms. The Balaban J connectivity index is -0.0000000933. The summed E-state index contributed by atoms with van der Waals surface area (Å²) in [6.45, 7) is 6.39. The highest BCUT2D eigenvalue weighted by Crippen LogP contribution is 1.47. The molecular formula is C6H13N3O2. The molecule has 0 aliphatic rings. The lowest BCUT2D eigenvalue weighted by molar-refractivity contribution is 0.562. The molecule has 0 rings (SSSR count). The molecule has 0 saturated carbocycles. The Morgan fingerprint density at radius 1 is 1.09 bits per heavy atom. The lowest BCUT2D eigenvalue weighted by Gasteiger charge is -1.86. The van der Waals surface area contributed by atoms with E-state index in [-0.39, 0.29) is 0 Å². The van der Waals surface area contributed by atoms with E-state index in [9.17, 15) is 0 Å².